The number of aromatic nitrogens is 2. The fraction of sp³-hybridized carbons (Fsp3) is 0.556. The Morgan fingerprint density at radius 2 is 1.60 bits per heavy atom. The first-order valence-electron chi connectivity index (χ1n) is 11.8. The maximum Gasteiger partial charge on any atom is 0.205 e. The summed E-state index contributed by atoms with van der Waals surface area (Å²) in [4.78, 5) is 8.62. The van der Waals surface area contributed by atoms with Crippen LogP contribution in [0, 0.1) is 17.8 Å². The van der Waals surface area contributed by atoms with Gasteiger partial charge >= 0.3 is 0 Å². The number of ether oxygens (including phenoxy) is 1. The first kappa shape index (κ1) is 22.3. The monoisotopic (exact) mass is 404 g/mol. The molecule has 1 aliphatic rings. The van der Waals surface area contributed by atoms with Gasteiger partial charge < -0.3 is 4.74 Å². The Hall–Kier alpha value is -2.34. The number of nitrogens with zero attached hydrogens (tertiary/aromatic N) is 2. The Morgan fingerprint density at radius 3 is 2.27 bits per heavy atom. The van der Waals surface area contributed by atoms with E-state index in [0.29, 0.717) is 5.82 Å². The highest BCUT2D eigenvalue weighted by Crippen LogP contribution is 2.37. The van der Waals surface area contributed by atoms with Crippen LogP contribution in [-0.2, 0) is 0 Å². The van der Waals surface area contributed by atoms with Crippen molar-refractivity contribution in [3.05, 3.63) is 53.6 Å². The van der Waals surface area contributed by atoms with E-state index >= 15 is 0 Å². The van der Waals surface area contributed by atoms with Crippen LogP contribution in [0.5, 0.6) is 5.75 Å². The molecule has 1 heterocycles. The molecule has 0 amide bonds. The predicted molar refractivity (Wildman–Crippen MR) is 124 cm³/mol. The minimum Gasteiger partial charge on any atom is -0.490 e. The average Bonchev–Trinajstić information content (AvgIpc) is 2.79. The maximum absolute atomic E-state index is 5.69. The van der Waals surface area contributed by atoms with E-state index < -0.39 is 0 Å². The van der Waals surface area contributed by atoms with Crippen molar-refractivity contribution in [2.75, 3.05) is 6.61 Å². The molecule has 0 spiro atoms. The summed E-state index contributed by atoms with van der Waals surface area (Å²) in [5.41, 5.74) is 2.48. The third-order valence-corrected chi connectivity index (χ3v) is 6.14. The lowest BCUT2D eigenvalue weighted by Gasteiger charge is -2.28. The third-order valence-electron chi connectivity index (χ3n) is 6.14. The molecule has 0 radical (unpaired) electrons. The van der Waals surface area contributed by atoms with Gasteiger partial charge in [0.1, 0.15) is 0 Å². The van der Waals surface area contributed by atoms with Crippen LogP contribution in [-0.4, -0.2) is 16.6 Å². The highest BCUT2D eigenvalue weighted by Gasteiger charge is 2.21. The Morgan fingerprint density at radius 1 is 0.867 bits per heavy atom. The van der Waals surface area contributed by atoms with Gasteiger partial charge in [-0.3, -0.25) is 0 Å². The van der Waals surface area contributed by atoms with E-state index in [1.165, 1.54) is 63.4 Å². The van der Waals surface area contributed by atoms with Crippen LogP contribution >= 0.6 is 0 Å². The van der Waals surface area contributed by atoms with Crippen LogP contribution in [0.4, 0.5) is 0 Å². The van der Waals surface area contributed by atoms with Crippen molar-refractivity contribution in [3.63, 3.8) is 0 Å². The zero-order chi connectivity index (χ0) is 21.0. The molecule has 3 nitrogen and oxygen atoms in total. The van der Waals surface area contributed by atoms with E-state index in [1.54, 1.807) is 12.4 Å². The Kier molecular flexibility index (Phi) is 9.22. The van der Waals surface area contributed by atoms with Gasteiger partial charge in [-0.25, -0.2) is 9.97 Å². The topological polar surface area (TPSA) is 35.0 Å². The molecule has 160 valence electrons. The molecule has 1 fully saturated rings. The molecular formula is C27H36N2O. The van der Waals surface area contributed by atoms with Crippen LogP contribution in [0.2, 0.25) is 0 Å². The van der Waals surface area contributed by atoms with Crippen molar-refractivity contribution in [1.29, 1.82) is 0 Å². The number of hydrogen-bond donors (Lipinski definition) is 0. The molecule has 0 unspecified atom stereocenters. The smallest absolute Gasteiger partial charge is 0.205 e. The minimum atomic E-state index is 0.534. The molecule has 1 aromatic carbocycles. The third kappa shape index (κ3) is 7.17. The zero-order valence-electron chi connectivity index (χ0n) is 18.7. The van der Waals surface area contributed by atoms with Gasteiger partial charge in [-0.2, -0.15) is 0 Å². The number of benzene rings is 1. The molecule has 0 atom stereocenters. The Labute approximate surface area is 182 Å². The molecule has 2 aromatic rings. The van der Waals surface area contributed by atoms with Gasteiger partial charge in [0.2, 0.25) is 5.82 Å². The van der Waals surface area contributed by atoms with Crippen molar-refractivity contribution >= 4 is 0 Å². The maximum atomic E-state index is 5.69. The fourth-order valence-corrected chi connectivity index (χ4v) is 4.33. The van der Waals surface area contributed by atoms with Crippen molar-refractivity contribution in [2.24, 2.45) is 5.92 Å². The summed E-state index contributed by atoms with van der Waals surface area (Å²) < 4.78 is 5.69. The van der Waals surface area contributed by atoms with E-state index in [4.69, 9.17) is 4.74 Å². The first-order valence-corrected chi connectivity index (χ1v) is 11.8. The van der Waals surface area contributed by atoms with Gasteiger partial charge in [0, 0.05) is 5.56 Å². The van der Waals surface area contributed by atoms with Crippen LogP contribution in [0.3, 0.4) is 0 Å². The summed E-state index contributed by atoms with van der Waals surface area (Å²) in [5, 5.41) is 0. The average molecular weight is 405 g/mol. The fourth-order valence-electron chi connectivity index (χ4n) is 4.33. The van der Waals surface area contributed by atoms with Gasteiger partial charge in [-0.1, -0.05) is 64.0 Å². The lowest BCUT2D eigenvalue weighted by molar-refractivity contribution is 0.302. The van der Waals surface area contributed by atoms with Crippen LogP contribution in [0.1, 0.15) is 101 Å². The van der Waals surface area contributed by atoms with Gasteiger partial charge in [0.05, 0.1) is 19.0 Å². The molecule has 0 bridgehead atoms. The van der Waals surface area contributed by atoms with Crippen LogP contribution < -0.4 is 4.74 Å². The molecule has 30 heavy (non-hydrogen) atoms. The van der Waals surface area contributed by atoms with Crippen LogP contribution in [0.15, 0.2) is 36.7 Å². The van der Waals surface area contributed by atoms with Crippen molar-refractivity contribution in [2.45, 2.75) is 84.0 Å². The molecule has 1 aliphatic carbocycles. The highest BCUT2D eigenvalue weighted by atomic mass is 16.5. The second-order valence-corrected chi connectivity index (χ2v) is 8.53. The summed E-state index contributed by atoms with van der Waals surface area (Å²) in [6.07, 6.45) is 16.4. The van der Waals surface area contributed by atoms with Crippen LogP contribution in [0.25, 0.3) is 0 Å². The van der Waals surface area contributed by atoms with Gasteiger partial charge in [0.15, 0.2) is 5.75 Å². The first-order chi connectivity index (χ1) is 14.8. The van der Waals surface area contributed by atoms with E-state index in [0.717, 1.165) is 36.2 Å². The number of unbranched alkanes of at least 4 members (excludes halogenated alkanes) is 3. The lowest BCUT2D eigenvalue weighted by Crippen LogP contribution is -2.13. The van der Waals surface area contributed by atoms with E-state index in [1.807, 2.05) is 0 Å². The lowest BCUT2D eigenvalue weighted by atomic mass is 9.77. The van der Waals surface area contributed by atoms with E-state index in [2.05, 4.69) is 59.9 Å². The van der Waals surface area contributed by atoms with Gasteiger partial charge in [-0.15, -0.1) is 0 Å². The molecule has 3 heteroatoms. The van der Waals surface area contributed by atoms with Crippen molar-refractivity contribution in [1.82, 2.24) is 9.97 Å². The van der Waals surface area contributed by atoms with E-state index in [9.17, 15) is 0 Å². The normalized spacial score (nSPS) is 18.5. The molecule has 0 N–H and O–H groups in total. The Bertz CT molecular complexity index is 793. The molecule has 3 rings (SSSR count). The second kappa shape index (κ2) is 12.4. The zero-order valence-corrected chi connectivity index (χ0v) is 18.7. The molecule has 0 saturated heterocycles. The molecule has 1 saturated carbocycles. The quantitative estimate of drug-likeness (QED) is 0.336. The van der Waals surface area contributed by atoms with E-state index in [-0.39, 0.29) is 0 Å². The standard InChI is InChI=1S/C27H36N2O/c1-3-5-6-7-19-30-26-20-28-27(29-21-26)18-13-23-11-16-25(17-12-23)24-14-9-22(8-4-2)10-15-24/h11-12,16-17,20-22,24H,3-10,14-15,19H2,1-2H3/t22-,24-. The van der Waals surface area contributed by atoms with Crippen molar-refractivity contribution in [3.8, 4) is 17.6 Å². The minimum absolute atomic E-state index is 0.534. The van der Waals surface area contributed by atoms with Crippen molar-refractivity contribution < 1.29 is 4.74 Å². The second-order valence-electron chi connectivity index (χ2n) is 8.53. The van der Waals surface area contributed by atoms with Gasteiger partial charge in [0.25, 0.3) is 0 Å². The summed E-state index contributed by atoms with van der Waals surface area (Å²) >= 11 is 0. The highest BCUT2D eigenvalue weighted by molar-refractivity contribution is 5.40. The SMILES string of the molecule is CCCCCCOc1cnc(C#Cc2ccc([C@H]3CC[C@H](CCC)CC3)cc2)nc1. The molecule has 0 aliphatic heterocycles. The van der Waals surface area contributed by atoms with Gasteiger partial charge in [-0.05, 0) is 67.6 Å². The predicted octanol–water partition coefficient (Wildman–Crippen LogP) is 6.91. The Balaban J connectivity index is 1.48. The summed E-state index contributed by atoms with van der Waals surface area (Å²) in [6, 6.07) is 8.78. The molecule has 1 aromatic heterocycles. The molecular weight excluding hydrogens is 368 g/mol. The summed E-state index contributed by atoms with van der Waals surface area (Å²) in [5.74, 6) is 9.17. The largest absolute Gasteiger partial charge is 0.490 e. The summed E-state index contributed by atoms with van der Waals surface area (Å²) in [7, 11) is 0. The summed E-state index contributed by atoms with van der Waals surface area (Å²) in [6.45, 7) is 5.23. The number of rotatable bonds is 9. The number of hydrogen-bond acceptors (Lipinski definition) is 3.